The van der Waals surface area contributed by atoms with Gasteiger partial charge >= 0.3 is 0 Å². The Bertz CT molecular complexity index is 962. The summed E-state index contributed by atoms with van der Waals surface area (Å²) in [5.41, 5.74) is 5.21. The summed E-state index contributed by atoms with van der Waals surface area (Å²) in [4.78, 5) is 21.9. The molecule has 140 valence electrons. The lowest BCUT2D eigenvalue weighted by atomic mass is 10.1. The summed E-state index contributed by atoms with van der Waals surface area (Å²) in [6, 6.07) is 12.6. The molecule has 0 aliphatic carbocycles. The molecule has 1 saturated heterocycles. The van der Waals surface area contributed by atoms with Crippen LogP contribution < -0.4 is 0 Å². The smallest absolute Gasteiger partial charge is 0.274 e. The number of imidazole rings is 1. The van der Waals surface area contributed by atoms with E-state index in [1.54, 1.807) is 0 Å². The van der Waals surface area contributed by atoms with Gasteiger partial charge in [0.1, 0.15) is 11.3 Å². The molecule has 1 aliphatic rings. The second-order valence-corrected chi connectivity index (χ2v) is 7.44. The van der Waals surface area contributed by atoms with Gasteiger partial charge in [0.15, 0.2) is 0 Å². The van der Waals surface area contributed by atoms with Gasteiger partial charge in [0.25, 0.3) is 5.91 Å². The highest BCUT2D eigenvalue weighted by Crippen LogP contribution is 2.15. The maximum atomic E-state index is 13.0. The van der Waals surface area contributed by atoms with Crippen molar-refractivity contribution < 1.29 is 4.79 Å². The molecular weight excluding hydrogens is 336 g/mol. The molecule has 1 aromatic carbocycles. The fourth-order valence-corrected chi connectivity index (χ4v) is 3.71. The third-order valence-electron chi connectivity index (χ3n) is 5.37. The van der Waals surface area contributed by atoms with E-state index in [0.717, 1.165) is 50.4 Å². The van der Waals surface area contributed by atoms with Crippen molar-refractivity contribution >= 4 is 11.6 Å². The van der Waals surface area contributed by atoms with Gasteiger partial charge in [-0.15, -0.1) is 0 Å². The number of amides is 1. The number of hydrogen-bond acceptors (Lipinski definition) is 3. The monoisotopic (exact) mass is 362 g/mol. The van der Waals surface area contributed by atoms with Crippen LogP contribution in [0.2, 0.25) is 0 Å². The Balaban J connectivity index is 1.44. The van der Waals surface area contributed by atoms with Crippen LogP contribution in [0.4, 0.5) is 0 Å². The van der Waals surface area contributed by atoms with E-state index in [-0.39, 0.29) is 5.91 Å². The molecule has 1 aliphatic heterocycles. The van der Waals surface area contributed by atoms with Gasteiger partial charge in [0.2, 0.25) is 0 Å². The van der Waals surface area contributed by atoms with Crippen LogP contribution in [0.1, 0.15) is 33.6 Å². The second-order valence-electron chi connectivity index (χ2n) is 7.44. The minimum atomic E-state index is 0.0362. The Morgan fingerprint density at radius 3 is 2.78 bits per heavy atom. The predicted molar refractivity (Wildman–Crippen MR) is 107 cm³/mol. The van der Waals surface area contributed by atoms with Crippen LogP contribution in [-0.4, -0.2) is 51.3 Å². The van der Waals surface area contributed by atoms with Crippen molar-refractivity contribution in [2.24, 2.45) is 0 Å². The number of aromatic nitrogens is 2. The van der Waals surface area contributed by atoms with Crippen molar-refractivity contribution in [3.05, 3.63) is 71.2 Å². The van der Waals surface area contributed by atoms with Crippen LogP contribution in [0, 0.1) is 13.8 Å². The number of rotatable bonds is 3. The van der Waals surface area contributed by atoms with E-state index < -0.39 is 0 Å². The summed E-state index contributed by atoms with van der Waals surface area (Å²) >= 11 is 0. The highest BCUT2D eigenvalue weighted by Gasteiger charge is 2.22. The van der Waals surface area contributed by atoms with E-state index in [2.05, 4.69) is 41.1 Å². The van der Waals surface area contributed by atoms with Crippen molar-refractivity contribution in [2.75, 3.05) is 26.2 Å². The van der Waals surface area contributed by atoms with Gasteiger partial charge in [-0.3, -0.25) is 9.69 Å². The maximum Gasteiger partial charge on any atom is 0.274 e. The van der Waals surface area contributed by atoms with E-state index in [9.17, 15) is 4.79 Å². The van der Waals surface area contributed by atoms with Crippen molar-refractivity contribution in [1.82, 2.24) is 19.2 Å². The van der Waals surface area contributed by atoms with Crippen LogP contribution in [-0.2, 0) is 6.54 Å². The Morgan fingerprint density at radius 1 is 1.07 bits per heavy atom. The zero-order valence-corrected chi connectivity index (χ0v) is 16.1. The fourth-order valence-electron chi connectivity index (χ4n) is 3.71. The van der Waals surface area contributed by atoms with Crippen molar-refractivity contribution in [3.8, 4) is 0 Å². The molecule has 1 fully saturated rings. The average Bonchev–Trinajstić information content (AvgIpc) is 2.94. The quantitative estimate of drug-likeness (QED) is 0.718. The minimum Gasteiger partial charge on any atom is -0.336 e. The molecule has 2 aromatic heterocycles. The van der Waals surface area contributed by atoms with Gasteiger partial charge in [-0.05, 0) is 49.1 Å². The second kappa shape index (κ2) is 7.53. The molecule has 5 heteroatoms. The predicted octanol–water partition coefficient (Wildman–Crippen LogP) is 3.30. The van der Waals surface area contributed by atoms with Gasteiger partial charge in [-0.1, -0.05) is 24.3 Å². The molecule has 5 nitrogen and oxygen atoms in total. The first-order valence-corrected chi connectivity index (χ1v) is 9.62. The summed E-state index contributed by atoms with van der Waals surface area (Å²) < 4.78 is 1.92. The van der Waals surface area contributed by atoms with Crippen molar-refractivity contribution in [1.29, 1.82) is 0 Å². The number of aryl methyl sites for hydroxylation is 2. The average molecular weight is 362 g/mol. The summed E-state index contributed by atoms with van der Waals surface area (Å²) in [5.74, 6) is 0.0362. The van der Waals surface area contributed by atoms with Crippen LogP contribution in [0.5, 0.6) is 0 Å². The van der Waals surface area contributed by atoms with Gasteiger partial charge in [0.05, 0.1) is 0 Å². The summed E-state index contributed by atoms with van der Waals surface area (Å²) in [6.45, 7) is 8.59. The van der Waals surface area contributed by atoms with Gasteiger partial charge in [0, 0.05) is 45.1 Å². The standard InChI is InChI=1S/C22H26N4O/c1-17-8-11-26-16-20(23-21(26)14-17)22(27)25-10-5-9-24(12-13-25)15-19-7-4-3-6-18(19)2/h3-4,6-8,11,14,16H,5,9-10,12-13,15H2,1-2H3. The highest BCUT2D eigenvalue weighted by atomic mass is 16.2. The molecule has 0 saturated carbocycles. The Labute approximate surface area is 160 Å². The normalized spacial score (nSPS) is 15.9. The third kappa shape index (κ3) is 3.88. The molecule has 0 atom stereocenters. The molecule has 0 N–H and O–H groups in total. The molecule has 0 spiro atoms. The molecule has 0 bridgehead atoms. The first-order valence-electron chi connectivity index (χ1n) is 9.62. The van der Waals surface area contributed by atoms with Gasteiger partial charge in [-0.2, -0.15) is 0 Å². The van der Waals surface area contributed by atoms with Crippen LogP contribution in [0.15, 0.2) is 48.8 Å². The lowest BCUT2D eigenvalue weighted by molar-refractivity contribution is 0.0756. The van der Waals surface area contributed by atoms with Crippen LogP contribution in [0.3, 0.4) is 0 Å². The zero-order chi connectivity index (χ0) is 18.8. The number of carbonyl (C=O) groups excluding carboxylic acids is 1. The fraction of sp³-hybridized carbons (Fsp3) is 0.364. The third-order valence-corrected chi connectivity index (χ3v) is 5.37. The molecule has 3 heterocycles. The Morgan fingerprint density at radius 2 is 1.93 bits per heavy atom. The summed E-state index contributed by atoms with van der Waals surface area (Å²) in [7, 11) is 0. The highest BCUT2D eigenvalue weighted by molar-refractivity contribution is 5.93. The molecule has 4 rings (SSSR count). The lowest BCUT2D eigenvalue weighted by Gasteiger charge is -2.22. The van der Waals surface area contributed by atoms with E-state index in [1.807, 2.05) is 40.8 Å². The van der Waals surface area contributed by atoms with E-state index in [1.165, 1.54) is 11.1 Å². The number of hydrogen-bond donors (Lipinski definition) is 0. The molecular formula is C22H26N4O. The van der Waals surface area contributed by atoms with Gasteiger partial charge < -0.3 is 9.30 Å². The van der Waals surface area contributed by atoms with Crippen molar-refractivity contribution in [3.63, 3.8) is 0 Å². The molecule has 0 radical (unpaired) electrons. The zero-order valence-electron chi connectivity index (χ0n) is 16.1. The van der Waals surface area contributed by atoms with Crippen LogP contribution in [0.25, 0.3) is 5.65 Å². The van der Waals surface area contributed by atoms with E-state index in [4.69, 9.17) is 0 Å². The Hall–Kier alpha value is -2.66. The number of nitrogens with zero attached hydrogens (tertiary/aromatic N) is 4. The molecule has 27 heavy (non-hydrogen) atoms. The largest absolute Gasteiger partial charge is 0.336 e. The van der Waals surface area contributed by atoms with E-state index in [0.29, 0.717) is 5.69 Å². The minimum absolute atomic E-state index is 0.0362. The summed E-state index contributed by atoms with van der Waals surface area (Å²) in [6.07, 6.45) is 4.79. The Kier molecular flexibility index (Phi) is 4.94. The molecule has 1 amide bonds. The number of benzene rings is 1. The number of carbonyl (C=O) groups is 1. The molecule has 3 aromatic rings. The molecule has 0 unspecified atom stereocenters. The van der Waals surface area contributed by atoms with Crippen LogP contribution >= 0.6 is 0 Å². The first kappa shape index (κ1) is 17.7. The van der Waals surface area contributed by atoms with Gasteiger partial charge in [-0.25, -0.2) is 4.98 Å². The topological polar surface area (TPSA) is 40.9 Å². The SMILES string of the molecule is Cc1ccn2cc(C(=O)N3CCCN(Cc4ccccc4C)CC3)nc2c1. The number of fused-ring (bicyclic) bond motifs is 1. The lowest BCUT2D eigenvalue weighted by Crippen LogP contribution is -2.35. The first-order chi connectivity index (χ1) is 13.1. The maximum absolute atomic E-state index is 13.0. The van der Waals surface area contributed by atoms with Crippen molar-refractivity contribution in [2.45, 2.75) is 26.8 Å². The van der Waals surface area contributed by atoms with E-state index >= 15 is 0 Å². The summed E-state index contributed by atoms with van der Waals surface area (Å²) in [5, 5.41) is 0. The number of pyridine rings is 1.